The highest BCUT2D eigenvalue weighted by molar-refractivity contribution is 7.91. The molecule has 0 bridgehead atoms. The van der Waals surface area contributed by atoms with Crippen molar-refractivity contribution < 1.29 is 13.2 Å². The fourth-order valence-electron chi connectivity index (χ4n) is 2.25. The van der Waals surface area contributed by atoms with Gasteiger partial charge in [0, 0.05) is 25.8 Å². The number of hydrogen-bond acceptors (Lipinski definition) is 5. The number of nitrogens with zero attached hydrogens (tertiary/aromatic N) is 1. The Balaban J connectivity index is 1.73. The van der Waals surface area contributed by atoms with E-state index >= 15 is 0 Å². The fourth-order valence-corrected chi connectivity index (χ4v) is 4.47. The first-order valence-corrected chi connectivity index (χ1v) is 10.4. The van der Waals surface area contributed by atoms with Crippen LogP contribution in [0.5, 0.6) is 0 Å². The molecule has 2 aromatic rings. The minimum Gasteiger partial charge on any atom is -0.375 e. The summed E-state index contributed by atoms with van der Waals surface area (Å²) in [6.07, 6.45) is 0.765. The van der Waals surface area contributed by atoms with E-state index in [-0.39, 0.29) is 10.1 Å². The quantitative estimate of drug-likeness (QED) is 0.652. The van der Waals surface area contributed by atoms with Crippen LogP contribution in [0.2, 0.25) is 0 Å². The highest BCUT2D eigenvalue weighted by Crippen LogP contribution is 2.15. The molecule has 1 amide bonds. The Morgan fingerprint density at radius 1 is 1.20 bits per heavy atom. The molecule has 1 aromatic heterocycles. The number of amides is 1. The first kappa shape index (κ1) is 19.4. The average molecular weight is 382 g/mol. The second-order valence-corrected chi connectivity index (χ2v) is 8.57. The average Bonchev–Trinajstić information content (AvgIpc) is 3.14. The number of hydrogen-bond donors (Lipinski definition) is 2. The van der Waals surface area contributed by atoms with Gasteiger partial charge in [-0.05, 0) is 36.9 Å². The van der Waals surface area contributed by atoms with Crippen molar-refractivity contribution in [3.05, 3.63) is 47.8 Å². The van der Waals surface area contributed by atoms with Gasteiger partial charge in [0.25, 0.3) is 10.0 Å². The number of benzene rings is 1. The number of rotatable bonds is 9. The number of carbonyl (C=O) groups is 1. The van der Waals surface area contributed by atoms with E-state index in [1.807, 2.05) is 37.4 Å². The van der Waals surface area contributed by atoms with Gasteiger partial charge in [0.1, 0.15) is 4.21 Å². The largest absolute Gasteiger partial charge is 0.375 e. The van der Waals surface area contributed by atoms with Crippen LogP contribution in [0.25, 0.3) is 0 Å². The Kier molecular flexibility index (Phi) is 6.98. The molecule has 1 heterocycles. The molecule has 0 saturated carbocycles. The molecule has 0 aliphatic heterocycles. The van der Waals surface area contributed by atoms with E-state index in [1.165, 1.54) is 13.0 Å². The zero-order valence-electron chi connectivity index (χ0n) is 14.3. The van der Waals surface area contributed by atoms with Crippen LogP contribution in [0.3, 0.4) is 0 Å². The zero-order valence-corrected chi connectivity index (χ0v) is 15.9. The molecule has 0 spiro atoms. The summed E-state index contributed by atoms with van der Waals surface area (Å²) in [4.78, 5) is 14.2. The molecule has 0 aliphatic rings. The molecule has 2 N–H and O–H groups in total. The van der Waals surface area contributed by atoms with Crippen molar-refractivity contribution in [2.24, 2.45) is 0 Å². The van der Waals surface area contributed by atoms with Crippen molar-refractivity contribution >= 4 is 33.0 Å². The van der Waals surface area contributed by atoms with Crippen molar-refractivity contribution in [2.45, 2.75) is 23.6 Å². The maximum atomic E-state index is 12.1. The van der Waals surface area contributed by atoms with Gasteiger partial charge in [-0.15, -0.1) is 11.3 Å². The van der Waals surface area contributed by atoms with E-state index in [0.717, 1.165) is 30.0 Å². The third-order valence-corrected chi connectivity index (χ3v) is 6.59. The molecule has 0 saturated heterocycles. The van der Waals surface area contributed by atoms with Gasteiger partial charge >= 0.3 is 0 Å². The molecule has 0 aliphatic carbocycles. The standard InChI is InChI=1S/C17H23N3O3S2/c1-14(19-25(22,23)16-10-6-13-24-16)17(21)18-11-7-12-20(2)15-8-4-3-5-9-15/h3-6,8-10,13-14,19H,7,11-12H2,1-2H3,(H,18,21). The van der Waals surface area contributed by atoms with Gasteiger partial charge in [0.2, 0.25) is 5.91 Å². The Morgan fingerprint density at radius 2 is 1.92 bits per heavy atom. The van der Waals surface area contributed by atoms with E-state index in [1.54, 1.807) is 11.4 Å². The third-order valence-electron chi connectivity index (χ3n) is 3.65. The molecule has 2 rings (SSSR count). The van der Waals surface area contributed by atoms with E-state index in [9.17, 15) is 13.2 Å². The summed E-state index contributed by atoms with van der Waals surface area (Å²) in [5.74, 6) is -0.331. The maximum absolute atomic E-state index is 12.1. The predicted molar refractivity (Wildman–Crippen MR) is 101 cm³/mol. The summed E-state index contributed by atoms with van der Waals surface area (Å²) in [7, 11) is -1.65. The van der Waals surface area contributed by atoms with Gasteiger partial charge in [0.15, 0.2) is 0 Å². The summed E-state index contributed by atoms with van der Waals surface area (Å²) in [5, 5.41) is 4.45. The van der Waals surface area contributed by atoms with Crippen molar-refractivity contribution in [3.8, 4) is 0 Å². The minimum absolute atomic E-state index is 0.205. The predicted octanol–water partition coefficient (Wildman–Crippen LogP) is 2.06. The van der Waals surface area contributed by atoms with Gasteiger partial charge < -0.3 is 10.2 Å². The monoisotopic (exact) mass is 381 g/mol. The number of anilines is 1. The molecule has 1 aromatic carbocycles. The van der Waals surface area contributed by atoms with Crippen LogP contribution in [0.15, 0.2) is 52.1 Å². The third kappa shape index (κ3) is 5.84. The maximum Gasteiger partial charge on any atom is 0.250 e. The number of nitrogens with one attached hydrogen (secondary N) is 2. The summed E-state index contributed by atoms with van der Waals surface area (Å²) in [6, 6.07) is 12.3. The lowest BCUT2D eigenvalue weighted by atomic mass is 10.3. The lowest BCUT2D eigenvalue weighted by Gasteiger charge is -2.19. The lowest BCUT2D eigenvalue weighted by Crippen LogP contribution is -2.45. The highest BCUT2D eigenvalue weighted by Gasteiger charge is 2.22. The summed E-state index contributed by atoms with van der Waals surface area (Å²) < 4.78 is 26.8. The van der Waals surface area contributed by atoms with Crippen molar-refractivity contribution in [3.63, 3.8) is 0 Å². The van der Waals surface area contributed by atoms with Gasteiger partial charge in [-0.2, -0.15) is 4.72 Å². The van der Waals surface area contributed by atoms with Crippen molar-refractivity contribution in [1.29, 1.82) is 0 Å². The van der Waals surface area contributed by atoms with Gasteiger partial charge in [-0.3, -0.25) is 4.79 Å². The van der Waals surface area contributed by atoms with E-state index in [4.69, 9.17) is 0 Å². The molecular weight excluding hydrogens is 358 g/mol. The molecule has 1 unspecified atom stereocenters. The number of carbonyl (C=O) groups excluding carboxylic acids is 1. The van der Waals surface area contributed by atoms with E-state index < -0.39 is 16.1 Å². The molecular formula is C17H23N3O3S2. The summed E-state index contributed by atoms with van der Waals surface area (Å²) in [5.41, 5.74) is 1.12. The number of thiophene rings is 1. The van der Waals surface area contributed by atoms with Crippen LogP contribution in [0.4, 0.5) is 5.69 Å². The minimum atomic E-state index is -3.64. The molecule has 0 radical (unpaired) electrons. The SMILES string of the molecule is CC(NS(=O)(=O)c1cccs1)C(=O)NCCCN(C)c1ccccc1. The van der Waals surface area contributed by atoms with Gasteiger partial charge in [-0.25, -0.2) is 8.42 Å². The van der Waals surface area contributed by atoms with Crippen LogP contribution in [-0.2, 0) is 14.8 Å². The molecule has 0 fully saturated rings. The van der Waals surface area contributed by atoms with Crippen LogP contribution < -0.4 is 14.9 Å². The molecule has 25 heavy (non-hydrogen) atoms. The molecule has 6 nitrogen and oxygen atoms in total. The lowest BCUT2D eigenvalue weighted by molar-refractivity contribution is -0.122. The summed E-state index contributed by atoms with van der Waals surface area (Å²) in [6.45, 7) is 2.82. The Morgan fingerprint density at radius 3 is 2.56 bits per heavy atom. The van der Waals surface area contributed by atoms with Crippen LogP contribution in [-0.4, -0.2) is 40.5 Å². The molecule has 8 heteroatoms. The number of sulfonamides is 1. The van der Waals surface area contributed by atoms with Crippen LogP contribution in [0.1, 0.15) is 13.3 Å². The first-order valence-electron chi connectivity index (χ1n) is 8.00. The van der Waals surface area contributed by atoms with Crippen molar-refractivity contribution in [1.82, 2.24) is 10.0 Å². The van der Waals surface area contributed by atoms with Crippen LogP contribution in [0, 0.1) is 0 Å². The smallest absolute Gasteiger partial charge is 0.250 e. The Labute approximate surface area is 152 Å². The second-order valence-electron chi connectivity index (χ2n) is 5.68. The second kappa shape index (κ2) is 8.98. The highest BCUT2D eigenvalue weighted by atomic mass is 32.2. The summed E-state index contributed by atoms with van der Waals surface area (Å²) >= 11 is 1.12. The zero-order chi connectivity index (χ0) is 18.3. The van der Waals surface area contributed by atoms with Crippen LogP contribution >= 0.6 is 11.3 Å². The molecule has 136 valence electrons. The first-order chi connectivity index (χ1) is 11.9. The topological polar surface area (TPSA) is 78.5 Å². The number of para-hydroxylation sites is 1. The van der Waals surface area contributed by atoms with E-state index in [2.05, 4.69) is 14.9 Å². The van der Waals surface area contributed by atoms with E-state index in [0.29, 0.717) is 6.54 Å². The Bertz CT molecular complexity index is 762. The van der Waals surface area contributed by atoms with Gasteiger partial charge in [-0.1, -0.05) is 24.3 Å². The van der Waals surface area contributed by atoms with Crippen molar-refractivity contribution in [2.75, 3.05) is 25.0 Å². The van der Waals surface area contributed by atoms with Gasteiger partial charge in [0.05, 0.1) is 6.04 Å². The normalized spacial score (nSPS) is 12.6. The Hall–Kier alpha value is -1.90. The molecule has 1 atom stereocenters. The fraction of sp³-hybridized carbons (Fsp3) is 0.353.